The van der Waals surface area contributed by atoms with Gasteiger partial charge in [0.15, 0.2) is 0 Å². The Hall–Kier alpha value is -1.90. The molecule has 1 aliphatic heterocycles. The second-order valence-electron chi connectivity index (χ2n) is 8.28. The zero-order chi connectivity index (χ0) is 17.4. The molecule has 25 heavy (non-hydrogen) atoms. The lowest BCUT2D eigenvalue weighted by molar-refractivity contribution is 0.0363. The third-order valence-corrected chi connectivity index (χ3v) is 6.11. The number of benzene rings is 1. The van der Waals surface area contributed by atoms with E-state index in [-0.39, 0.29) is 11.5 Å². The number of aromatic nitrogens is 1. The van der Waals surface area contributed by atoms with Crippen molar-refractivity contribution >= 4 is 16.6 Å². The Balaban J connectivity index is 1.55. The lowest BCUT2D eigenvalue weighted by atomic mass is 9.71. The fourth-order valence-electron chi connectivity index (χ4n) is 4.52. The molecule has 0 N–H and O–H groups in total. The molecular weight excluding hydrogens is 308 g/mol. The number of fused-ring (bicyclic) bond motifs is 1. The van der Waals surface area contributed by atoms with Crippen molar-refractivity contribution in [3.63, 3.8) is 0 Å². The van der Waals surface area contributed by atoms with Crippen LogP contribution in [-0.4, -0.2) is 16.8 Å². The summed E-state index contributed by atoms with van der Waals surface area (Å²) in [5.74, 6) is 0.611. The smallest absolute Gasteiger partial charge is 0.143 e. The van der Waals surface area contributed by atoms with Crippen LogP contribution in [0.2, 0.25) is 0 Å². The molecule has 0 spiro atoms. The van der Waals surface area contributed by atoms with Crippen molar-refractivity contribution < 1.29 is 4.84 Å². The normalized spacial score (nSPS) is 23.5. The summed E-state index contributed by atoms with van der Waals surface area (Å²) in [5, 5.41) is 5.80. The summed E-state index contributed by atoms with van der Waals surface area (Å²) in [6.45, 7) is 6.76. The molecule has 4 rings (SSSR count). The predicted octanol–water partition coefficient (Wildman–Crippen LogP) is 5.45. The first-order valence-corrected chi connectivity index (χ1v) is 9.65. The Labute approximate surface area is 150 Å². The fourth-order valence-corrected chi connectivity index (χ4v) is 4.52. The molecule has 0 amide bonds. The molecule has 1 aromatic carbocycles. The van der Waals surface area contributed by atoms with Crippen molar-refractivity contribution in [2.75, 3.05) is 0 Å². The van der Waals surface area contributed by atoms with Crippen LogP contribution in [0, 0.1) is 18.3 Å². The Morgan fingerprint density at radius 2 is 1.88 bits per heavy atom. The number of hydrogen-bond donors (Lipinski definition) is 0. The van der Waals surface area contributed by atoms with Gasteiger partial charge in [-0.1, -0.05) is 56.5 Å². The average Bonchev–Trinajstić information content (AvgIpc) is 2.90. The number of pyridine rings is 1. The first-order valence-electron chi connectivity index (χ1n) is 9.65. The maximum absolute atomic E-state index is 5.94. The molecule has 1 aliphatic carbocycles. The van der Waals surface area contributed by atoms with Crippen molar-refractivity contribution in [1.82, 2.24) is 4.98 Å². The summed E-state index contributed by atoms with van der Waals surface area (Å²) in [7, 11) is 0. The van der Waals surface area contributed by atoms with Crippen molar-refractivity contribution in [3.05, 3.63) is 41.6 Å². The molecule has 3 nitrogen and oxygen atoms in total. The molecule has 0 bridgehead atoms. The molecule has 3 heteroatoms. The van der Waals surface area contributed by atoms with Crippen LogP contribution in [0.1, 0.15) is 57.2 Å². The topological polar surface area (TPSA) is 34.5 Å². The maximum Gasteiger partial charge on any atom is 0.143 e. The van der Waals surface area contributed by atoms with Crippen molar-refractivity contribution in [1.29, 1.82) is 0 Å². The van der Waals surface area contributed by atoms with Gasteiger partial charge in [-0.3, -0.25) is 4.98 Å². The second kappa shape index (κ2) is 6.44. The number of oxime groups is 1. The number of hydrogen-bond acceptors (Lipinski definition) is 3. The van der Waals surface area contributed by atoms with Crippen LogP contribution in [0.25, 0.3) is 10.9 Å². The highest BCUT2D eigenvalue weighted by Crippen LogP contribution is 2.40. The first-order chi connectivity index (χ1) is 12.1. The van der Waals surface area contributed by atoms with Crippen LogP contribution in [0.3, 0.4) is 0 Å². The van der Waals surface area contributed by atoms with Gasteiger partial charge in [-0.15, -0.1) is 0 Å². The summed E-state index contributed by atoms with van der Waals surface area (Å²) < 4.78 is 0. The minimum atomic E-state index is -0.0107. The summed E-state index contributed by atoms with van der Waals surface area (Å²) in [4.78, 5) is 10.8. The zero-order valence-electron chi connectivity index (χ0n) is 15.6. The minimum Gasteiger partial charge on any atom is -0.391 e. The SMILES string of the molecule is Cc1cc(CC2ON=C(C3CCCCC3)C2(C)C)nc2ccccc12. The number of para-hydroxylation sites is 1. The highest BCUT2D eigenvalue weighted by molar-refractivity contribution is 5.93. The minimum absolute atomic E-state index is 0.0107. The Morgan fingerprint density at radius 1 is 1.12 bits per heavy atom. The van der Waals surface area contributed by atoms with Gasteiger partial charge in [0.1, 0.15) is 6.10 Å². The summed E-state index contributed by atoms with van der Waals surface area (Å²) in [6, 6.07) is 10.6. The van der Waals surface area contributed by atoms with Crippen molar-refractivity contribution in [2.45, 2.75) is 65.4 Å². The van der Waals surface area contributed by atoms with Crippen molar-refractivity contribution in [3.8, 4) is 0 Å². The van der Waals surface area contributed by atoms with Crippen LogP contribution in [-0.2, 0) is 11.3 Å². The fraction of sp³-hybridized carbons (Fsp3) is 0.545. The Morgan fingerprint density at radius 3 is 2.68 bits per heavy atom. The van der Waals surface area contributed by atoms with Gasteiger partial charge < -0.3 is 4.84 Å². The van der Waals surface area contributed by atoms with Gasteiger partial charge in [0, 0.05) is 28.8 Å². The maximum atomic E-state index is 5.94. The van der Waals surface area contributed by atoms with E-state index in [1.165, 1.54) is 48.8 Å². The Kier molecular flexibility index (Phi) is 4.26. The van der Waals surface area contributed by atoms with Gasteiger partial charge >= 0.3 is 0 Å². The second-order valence-corrected chi connectivity index (χ2v) is 8.28. The third kappa shape index (κ3) is 3.05. The molecule has 1 unspecified atom stereocenters. The molecule has 2 heterocycles. The van der Waals surface area contributed by atoms with Crippen LogP contribution in [0.15, 0.2) is 35.5 Å². The standard InChI is InChI=1S/C22H28N2O/c1-15-13-17(23-19-12-8-7-11-18(15)19)14-20-22(2,3)21(24-25-20)16-9-5-4-6-10-16/h7-8,11-13,16,20H,4-6,9-10,14H2,1-3H3. The van der Waals surface area contributed by atoms with E-state index in [9.17, 15) is 0 Å². The molecule has 1 saturated carbocycles. The lowest BCUT2D eigenvalue weighted by Crippen LogP contribution is -2.38. The summed E-state index contributed by atoms with van der Waals surface area (Å²) in [6.07, 6.45) is 7.47. The highest BCUT2D eigenvalue weighted by atomic mass is 16.6. The van der Waals surface area contributed by atoms with E-state index in [1.54, 1.807) is 0 Å². The van der Waals surface area contributed by atoms with Gasteiger partial charge in [-0.25, -0.2) is 0 Å². The average molecular weight is 336 g/mol. The first kappa shape index (κ1) is 16.6. The van der Waals surface area contributed by atoms with Crippen LogP contribution in [0.4, 0.5) is 0 Å². The van der Waals surface area contributed by atoms with E-state index >= 15 is 0 Å². The van der Waals surface area contributed by atoms with Gasteiger partial charge in [0.2, 0.25) is 0 Å². The molecule has 1 aromatic heterocycles. The lowest BCUT2D eigenvalue weighted by Gasteiger charge is -2.31. The Bertz CT molecular complexity index is 803. The van der Waals surface area contributed by atoms with Gasteiger partial charge in [-0.05, 0) is 37.5 Å². The summed E-state index contributed by atoms with van der Waals surface area (Å²) >= 11 is 0. The van der Waals surface area contributed by atoms with E-state index < -0.39 is 0 Å². The molecule has 1 atom stereocenters. The van der Waals surface area contributed by atoms with Gasteiger partial charge in [0.25, 0.3) is 0 Å². The molecule has 1 fully saturated rings. The van der Waals surface area contributed by atoms with E-state index in [0.29, 0.717) is 5.92 Å². The zero-order valence-corrected chi connectivity index (χ0v) is 15.6. The van der Waals surface area contributed by atoms with Gasteiger partial charge in [-0.2, -0.15) is 0 Å². The third-order valence-electron chi connectivity index (χ3n) is 6.11. The quantitative estimate of drug-likeness (QED) is 0.747. The van der Waals surface area contributed by atoms with Crippen molar-refractivity contribution in [2.24, 2.45) is 16.5 Å². The number of aryl methyl sites for hydroxylation is 1. The molecule has 0 radical (unpaired) electrons. The molecule has 2 aromatic rings. The molecular formula is C22H28N2O. The predicted molar refractivity (Wildman–Crippen MR) is 103 cm³/mol. The monoisotopic (exact) mass is 336 g/mol. The molecule has 132 valence electrons. The van der Waals surface area contributed by atoms with E-state index in [2.05, 4.69) is 56.3 Å². The van der Waals surface area contributed by atoms with Crippen LogP contribution < -0.4 is 0 Å². The van der Waals surface area contributed by atoms with Crippen LogP contribution in [0.5, 0.6) is 0 Å². The largest absolute Gasteiger partial charge is 0.391 e. The molecule has 0 saturated heterocycles. The van der Waals surface area contributed by atoms with E-state index in [4.69, 9.17) is 9.82 Å². The van der Waals surface area contributed by atoms with E-state index in [1.807, 2.05) is 0 Å². The van der Waals surface area contributed by atoms with E-state index in [0.717, 1.165) is 17.6 Å². The number of nitrogens with zero attached hydrogens (tertiary/aromatic N) is 2. The van der Waals surface area contributed by atoms with Crippen LogP contribution >= 0.6 is 0 Å². The summed E-state index contributed by atoms with van der Waals surface area (Å²) in [5.41, 5.74) is 4.74. The molecule has 2 aliphatic rings. The highest BCUT2D eigenvalue weighted by Gasteiger charge is 2.45. The van der Waals surface area contributed by atoms with Gasteiger partial charge in [0.05, 0.1) is 11.2 Å². The number of rotatable bonds is 3.